The number of carboxylic acid groups (broad SMARTS) is 1. The fourth-order valence-electron chi connectivity index (χ4n) is 0.771. The van der Waals surface area contributed by atoms with Crippen molar-refractivity contribution in [2.24, 2.45) is 0 Å². The van der Waals surface area contributed by atoms with Gasteiger partial charge in [0.2, 0.25) is 0 Å². The van der Waals surface area contributed by atoms with Crippen molar-refractivity contribution in [2.75, 3.05) is 7.05 Å². The maximum absolute atomic E-state index is 10.6. The van der Waals surface area contributed by atoms with Crippen LogP contribution in [0.25, 0.3) is 0 Å². The van der Waals surface area contributed by atoms with E-state index in [9.17, 15) is 4.79 Å². The Labute approximate surface area is 81.8 Å². The first-order valence-corrected chi connectivity index (χ1v) is 4.79. The van der Waals surface area contributed by atoms with Crippen LogP contribution in [-0.4, -0.2) is 23.1 Å². The standard InChI is InChI=1S/C6H7BrN2O2S/c1-8-2-3-4(5(10)11)9-6(7)12-3/h8H,2H2,1H3,(H,10,11). The number of carbonyl (C=O) groups is 1. The lowest BCUT2D eigenvalue weighted by Gasteiger charge is -1.94. The van der Waals surface area contributed by atoms with Gasteiger partial charge in [0.15, 0.2) is 9.61 Å². The van der Waals surface area contributed by atoms with E-state index >= 15 is 0 Å². The van der Waals surface area contributed by atoms with Gasteiger partial charge < -0.3 is 10.4 Å². The van der Waals surface area contributed by atoms with E-state index in [0.717, 1.165) is 4.88 Å². The second kappa shape index (κ2) is 3.97. The zero-order valence-corrected chi connectivity index (χ0v) is 8.70. The molecular weight excluding hydrogens is 244 g/mol. The van der Waals surface area contributed by atoms with Gasteiger partial charge in [-0.25, -0.2) is 9.78 Å². The van der Waals surface area contributed by atoms with Crippen molar-refractivity contribution in [3.8, 4) is 0 Å². The molecular formula is C6H7BrN2O2S. The van der Waals surface area contributed by atoms with Gasteiger partial charge in [0, 0.05) is 6.54 Å². The Bertz CT molecular complexity index is 300. The van der Waals surface area contributed by atoms with Gasteiger partial charge in [-0.15, -0.1) is 11.3 Å². The van der Waals surface area contributed by atoms with Crippen LogP contribution in [0, 0.1) is 0 Å². The van der Waals surface area contributed by atoms with E-state index in [-0.39, 0.29) is 5.69 Å². The molecule has 6 heteroatoms. The minimum Gasteiger partial charge on any atom is -0.476 e. The molecule has 0 spiro atoms. The molecule has 0 atom stereocenters. The summed E-state index contributed by atoms with van der Waals surface area (Å²) in [5.41, 5.74) is 0.126. The quantitative estimate of drug-likeness (QED) is 0.850. The molecule has 66 valence electrons. The molecule has 0 fully saturated rings. The predicted octanol–water partition coefficient (Wildman–Crippen LogP) is 1.32. The molecule has 1 rings (SSSR count). The van der Waals surface area contributed by atoms with Crippen LogP contribution in [0.1, 0.15) is 15.4 Å². The molecule has 0 aliphatic carbocycles. The molecule has 0 saturated heterocycles. The number of aromatic carboxylic acids is 1. The minimum absolute atomic E-state index is 0.126. The van der Waals surface area contributed by atoms with Crippen LogP contribution in [-0.2, 0) is 6.54 Å². The maximum Gasteiger partial charge on any atom is 0.355 e. The predicted molar refractivity (Wildman–Crippen MR) is 49.5 cm³/mol. The third-order valence-electron chi connectivity index (χ3n) is 1.21. The van der Waals surface area contributed by atoms with Crippen molar-refractivity contribution in [1.29, 1.82) is 0 Å². The highest BCUT2D eigenvalue weighted by Crippen LogP contribution is 2.22. The summed E-state index contributed by atoms with van der Waals surface area (Å²) in [6, 6.07) is 0. The van der Waals surface area contributed by atoms with Crippen LogP contribution in [0.3, 0.4) is 0 Å². The molecule has 4 nitrogen and oxygen atoms in total. The lowest BCUT2D eigenvalue weighted by atomic mass is 10.3. The van der Waals surface area contributed by atoms with E-state index in [1.807, 2.05) is 0 Å². The molecule has 0 aliphatic heterocycles. The number of thiazole rings is 1. The number of rotatable bonds is 3. The zero-order valence-electron chi connectivity index (χ0n) is 6.30. The number of carboxylic acids is 1. The van der Waals surface area contributed by atoms with Crippen LogP contribution in [0.2, 0.25) is 0 Å². The van der Waals surface area contributed by atoms with Crippen molar-refractivity contribution in [3.63, 3.8) is 0 Å². The smallest absolute Gasteiger partial charge is 0.355 e. The Morgan fingerprint density at radius 2 is 2.50 bits per heavy atom. The first kappa shape index (κ1) is 9.63. The molecule has 0 aliphatic rings. The van der Waals surface area contributed by atoms with E-state index in [1.54, 1.807) is 7.05 Å². The molecule has 0 radical (unpaired) electrons. The summed E-state index contributed by atoms with van der Waals surface area (Å²) in [5, 5.41) is 11.6. The maximum atomic E-state index is 10.6. The van der Waals surface area contributed by atoms with E-state index in [1.165, 1.54) is 11.3 Å². The third kappa shape index (κ3) is 2.02. The number of hydrogen-bond donors (Lipinski definition) is 2. The number of hydrogen-bond acceptors (Lipinski definition) is 4. The van der Waals surface area contributed by atoms with Gasteiger partial charge >= 0.3 is 5.97 Å². The van der Waals surface area contributed by atoms with Gasteiger partial charge in [0.1, 0.15) is 0 Å². The summed E-state index contributed by atoms with van der Waals surface area (Å²) in [7, 11) is 1.76. The van der Waals surface area contributed by atoms with Crippen molar-refractivity contribution < 1.29 is 9.90 Å². The third-order valence-corrected chi connectivity index (χ3v) is 2.72. The van der Waals surface area contributed by atoms with E-state index in [2.05, 4.69) is 26.2 Å². The Kier molecular flexibility index (Phi) is 3.19. The Balaban J connectivity index is 2.99. The molecule has 2 N–H and O–H groups in total. The molecule has 1 heterocycles. The van der Waals surface area contributed by atoms with Crippen molar-refractivity contribution in [3.05, 3.63) is 14.5 Å². The topological polar surface area (TPSA) is 62.2 Å². The van der Waals surface area contributed by atoms with Gasteiger partial charge in [-0.2, -0.15) is 0 Å². The fourth-order valence-corrected chi connectivity index (χ4v) is 2.32. The summed E-state index contributed by atoms with van der Waals surface area (Å²) in [6.45, 7) is 0.533. The van der Waals surface area contributed by atoms with Crippen molar-refractivity contribution in [1.82, 2.24) is 10.3 Å². The highest BCUT2D eigenvalue weighted by molar-refractivity contribution is 9.11. The van der Waals surface area contributed by atoms with Crippen molar-refractivity contribution in [2.45, 2.75) is 6.54 Å². The van der Waals surface area contributed by atoms with Crippen LogP contribution in [0.15, 0.2) is 3.92 Å². The summed E-state index contributed by atoms with van der Waals surface area (Å²) >= 11 is 4.47. The van der Waals surface area contributed by atoms with Crippen LogP contribution in [0.4, 0.5) is 0 Å². The summed E-state index contributed by atoms with van der Waals surface area (Å²) in [6.07, 6.45) is 0. The first-order chi connectivity index (χ1) is 5.65. The number of aromatic nitrogens is 1. The van der Waals surface area contributed by atoms with E-state index < -0.39 is 5.97 Å². The van der Waals surface area contributed by atoms with E-state index in [4.69, 9.17) is 5.11 Å². The highest BCUT2D eigenvalue weighted by Gasteiger charge is 2.14. The van der Waals surface area contributed by atoms with Gasteiger partial charge in [-0.05, 0) is 23.0 Å². The van der Waals surface area contributed by atoms with E-state index in [0.29, 0.717) is 10.5 Å². The number of halogens is 1. The number of nitrogens with zero attached hydrogens (tertiary/aromatic N) is 1. The van der Waals surface area contributed by atoms with Crippen molar-refractivity contribution >= 4 is 33.2 Å². The second-order valence-corrected chi connectivity index (χ2v) is 4.43. The van der Waals surface area contributed by atoms with Crippen LogP contribution >= 0.6 is 27.3 Å². The van der Waals surface area contributed by atoms with Gasteiger partial charge in [0.05, 0.1) is 4.88 Å². The zero-order chi connectivity index (χ0) is 9.14. The summed E-state index contributed by atoms with van der Waals surface area (Å²) in [5.74, 6) is -0.984. The monoisotopic (exact) mass is 250 g/mol. The van der Waals surface area contributed by atoms with Crippen LogP contribution < -0.4 is 5.32 Å². The Morgan fingerprint density at radius 3 is 3.00 bits per heavy atom. The van der Waals surface area contributed by atoms with Gasteiger partial charge in [-0.3, -0.25) is 0 Å². The molecule has 0 unspecified atom stereocenters. The molecule has 1 aromatic rings. The lowest BCUT2D eigenvalue weighted by Crippen LogP contribution is -2.08. The summed E-state index contributed by atoms with van der Waals surface area (Å²) in [4.78, 5) is 15.2. The number of nitrogens with one attached hydrogen (secondary N) is 1. The molecule has 12 heavy (non-hydrogen) atoms. The normalized spacial score (nSPS) is 10.2. The van der Waals surface area contributed by atoms with Gasteiger partial charge in [0.25, 0.3) is 0 Å². The molecule has 1 aromatic heterocycles. The average molecular weight is 251 g/mol. The van der Waals surface area contributed by atoms with Gasteiger partial charge in [-0.1, -0.05) is 0 Å². The SMILES string of the molecule is CNCc1sc(Br)nc1C(=O)O. The summed E-state index contributed by atoms with van der Waals surface area (Å²) < 4.78 is 0.602. The average Bonchev–Trinajstić information content (AvgIpc) is 2.32. The molecule has 0 amide bonds. The van der Waals surface area contributed by atoms with Crippen LogP contribution in [0.5, 0.6) is 0 Å². The molecule has 0 saturated carbocycles. The fraction of sp³-hybridized carbons (Fsp3) is 0.333. The molecule has 0 aromatic carbocycles. The second-order valence-electron chi connectivity index (χ2n) is 2.07. The minimum atomic E-state index is -0.984. The first-order valence-electron chi connectivity index (χ1n) is 3.18. The largest absolute Gasteiger partial charge is 0.476 e. The lowest BCUT2D eigenvalue weighted by molar-refractivity contribution is 0.0690. The Hall–Kier alpha value is -0.460. The molecule has 0 bridgehead atoms. The highest BCUT2D eigenvalue weighted by atomic mass is 79.9. The Morgan fingerprint density at radius 1 is 1.83 bits per heavy atom.